The number of hydrogen-bond acceptors (Lipinski definition) is 9. The maximum absolute atomic E-state index is 13.7. The summed E-state index contributed by atoms with van der Waals surface area (Å²) < 4.78 is 38.9. The van der Waals surface area contributed by atoms with Gasteiger partial charge in [0.25, 0.3) is 0 Å². The largest absolute Gasteiger partial charge is 0.382 e. The molecule has 10 nitrogen and oxygen atoms in total. The Hall–Kier alpha value is -2.36. The van der Waals surface area contributed by atoms with E-state index >= 15 is 0 Å². The van der Waals surface area contributed by atoms with Gasteiger partial charge in [-0.05, 0) is 18.9 Å². The van der Waals surface area contributed by atoms with E-state index in [1.807, 2.05) is 41.8 Å². The molecule has 2 aromatic heterocycles. The summed E-state index contributed by atoms with van der Waals surface area (Å²) in [5, 5.41) is 0. The fraction of sp³-hybridized carbons (Fsp3) is 0.694. The number of ether oxygens (including phenoxy) is 2. The van der Waals surface area contributed by atoms with Crippen LogP contribution in [0.3, 0.4) is 0 Å². The maximum atomic E-state index is 13.7. The third kappa shape index (κ3) is 16.5. The zero-order valence-electron chi connectivity index (χ0n) is 29.0. The average Bonchev–Trinajstić information content (AvgIpc) is 3.50. The zero-order valence-corrected chi connectivity index (χ0v) is 29.9. The zero-order chi connectivity index (χ0) is 33.4. The van der Waals surface area contributed by atoms with Gasteiger partial charge in [0.1, 0.15) is 18.2 Å². The number of imidazole rings is 1. The molecule has 3 aromatic rings. The Bertz CT molecular complexity index is 1260. The minimum absolute atomic E-state index is 0.165. The number of unbranched alkanes of at least 4 members (excludes halogenated alkanes) is 15. The Morgan fingerprint density at radius 1 is 0.766 bits per heavy atom. The lowest BCUT2D eigenvalue weighted by Gasteiger charge is -2.21. The van der Waals surface area contributed by atoms with E-state index < -0.39 is 7.60 Å². The van der Waals surface area contributed by atoms with Crippen LogP contribution in [0.15, 0.2) is 43.0 Å². The van der Waals surface area contributed by atoms with Gasteiger partial charge in [-0.2, -0.15) is 0 Å². The molecule has 0 bridgehead atoms. The van der Waals surface area contributed by atoms with Gasteiger partial charge in [0, 0.05) is 6.61 Å². The van der Waals surface area contributed by atoms with Crippen LogP contribution < -0.4 is 5.73 Å². The highest BCUT2D eigenvalue weighted by atomic mass is 31.2. The number of anilines is 1. The van der Waals surface area contributed by atoms with E-state index in [1.54, 1.807) is 6.33 Å². The molecular formula is C36H60N5O5P. The molecule has 0 aliphatic carbocycles. The molecule has 0 aliphatic heterocycles. The number of hydrogen-bond donors (Lipinski definition) is 1. The van der Waals surface area contributed by atoms with E-state index in [1.165, 1.54) is 103 Å². The van der Waals surface area contributed by atoms with Gasteiger partial charge < -0.3 is 28.8 Å². The first kappa shape index (κ1) is 39.1. The van der Waals surface area contributed by atoms with Crippen molar-refractivity contribution in [3.8, 4) is 0 Å². The minimum atomic E-state index is -3.55. The summed E-state index contributed by atoms with van der Waals surface area (Å²) >= 11 is 0. The number of aromatic nitrogens is 4. The van der Waals surface area contributed by atoms with Crippen molar-refractivity contribution in [3.05, 3.63) is 48.5 Å². The van der Waals surface area contributed by atoms with E-state index in [0.717, 1.165) is 12.0 Å². The Balaban J connectivity index is 1.25. The van der Waals surface area contributed by atoms with E-state index in [-0.39, 0.29) is 25.7 Å². The van der Waals surface area contributed by atoms with Crippen LogP contribution in [0.1, 0.15) is 122 Å². The van der Waals surface area contributed by atoms with Gasteiger partial charge in [-0.25, -0.2) is 15.0 Å². The smallest absolute Gasteiger partial charge is 0.356 e. The summed E-state index contributed by atoms with van der Waals surface area (Å²) in [6.07, 6.45) is 24.1. The van der Waals surface area contributed by atoms with Crippen LogP contribution in [-0.4, -0.2) is 51.8 Å². The molecule has 1 aromatic carbocycles. The Labute approximate surface area is 283 Å². The topological polar surface area (TPSA) is 124 Å². The van der Waals surface area contributed by atoms with Crippen molar-refractivity contribution in [1.29, 1.82) is 0 Å². The summed E-state index contributed by atoms with van der Waals surface area (Å²) in [7, 11) is -3.55. The summed E-state index contributed by atoms with van der Waals surface area (Å²) in [4.78, 5) is 12.6. The predicted octanol–water partition coefficient (Wildman–Crippen LogP) is 9.48. The van der Waals surface area contributed by atoms with Gasteiger partial charge in [0.05, 0.1) is 38.8 Å². The lowest BCUT2D eigenvalue weighted by Crippen LogP contribution is -2.18. The second-order valence-corrected chi connectivity index (χ2v) is 14.5. The maximum Gasteiger partial charge on any atom is 0.356 e. The number of nitrogen functional groups attached to an aromatic ring is 1. The molecule has 2 atom stereocenters. The first-order valence-electron chi connectivity index (χ1n) is 18.0. The van der Waals surface area contributed by atoms with Crippen molar-refractivity contribution in [3.63, 3.8) is 0 Å². The summed E-state index contributed by atoms with van der Waals surface area (Å²) in [5.41, 5.74) is 7.97. The van der Waals surface area contributed by atoms with Gasteiger partial charge in [0.15, 0.2) is 11.5 Å². The van der Waals surface area contributed by atoms with Gasteiger partial charge in [-0.3, -0.25) is 4.57 Å². The fourth-order valence-corrected chi connectivity index (χ4v) is 6.89. The number of benzene rings is 1. The molecule has 11 heteroatoms. The molecule has 0 amide bonds. The number of fused-ring (bicyclic) bond motifs is 1. The van der Waals surface area contributed by atoms with Gasteiger partial charge in [0.2, 0.25) is 0 Å². The number of nitrogens with two attached hydrogens (primary N) is 1. The normalized spacial score (nSPS) is 13.7. The highest BCUT2D eigenvalue weighted by Crippen LogP contribution is 2.49. The Morgan fingerprint density at radius 3 is 2.02 bits per heavy atom. The molecular weight excluding hydrogens is 613 g/mol. The van der Waals surface area contributed by atoms with Crippen LogP contribution in [0.25, 0.3) is 11.2 Å². The molecule has 0 spiro atoms. The standard InChI is InChI=1S/C36H60N5O5P/c1-3-4-5-6-7-8-9-10-11-12-13-14-15-16-17-21-24-43-25-26-45-47(42,46-28-33-22-19-18-20-23-33)31-44-32(2)27-41-30-40-34-35(37)38-29-39-36(34)41/h18-20,22-23,29-30,32H,3-17,21,24-28,31H2,1-2H3,(H2,37,38,39)/t32-,47?/m1/s1. The van der Waals surface area contributed by atoms with Crippen molar-refractivity contribution in [2.45, 2.75) is 136 Å². The Morgan fingerprint density at radius 2 is 1.38 bits per heavy atom. The van der Waals surface area contributed by atoms with Crippen LogP contribution in [-0.2, 0) is 36.2 Å². The van der Waals surface area contributed by atoms with Gasteiger partial charge in [-0.15, -0.1) is 0 Å². The summed E-state index contributed by atoms with van der Waals surface area (Å²) in [6, 6.07) is 9.61. The summed E-state index contributed by atoms with van der Waals surface area (Å²) in [5.74, 6) is 0.326. The lowest BCUT2D eigenvalue weighted by molar-refractivity contribution is 0.0530. The first-order chi connectivity index (χ1) is 23.0. The van der Waals surface area contributed by atoms with Crippen molar-refractivity contribution in [2.75, 3.05) is 31.9 Å². The third-order valence-corrected chi connectivity index (χ3v) is 9.89. The van der Waals surface area contributed by atoms with Crippen molar-refractivity contribution in [2.24, 2.45) is 0 Å². The highest BCUT2D eigenvalue weighted by molar-refractivity contribution is 7.53. The first-order valence-corrected chi connectivity index (χ1v) is 19.8. The molecule has 0 radical (unpaired) electrons. The van der Waals surface area contributed by atoms with Gasteiger partial charge >= 0.3 is 7.60 Å². The molecule has 0 saturated heterocycles. The quantitative estimate of drug-likeness (QED) is 0.0567. The number of nitrogens with zero attached hydrogens (tertiary/aromatic N) is 4. The highest BCUT2D eigenvalue weighted by Gasteiger charge is 2.27. The molecule has 47 heavy (non-hydrogen) atoms. The molecule has 3 rings (SSSR count). The van der Waals surface area contributed by atoms with Crippen molar-refractivity contribution < 1.29 is 23.1 Å². The predicted molar refractivity (Wildman–Crippen MR) is 190 cm³/mol. The van der Waals surface area contributed by atoms with Crippen LogP contribution in [0.2, 0.25) is 0 Å². The van der Waals surface area contributed by atoms with Crippen LogP contribution in [0.4, 0.5) is 5.82 Å². The van der Waals surface area contributed by atoms with Crippen LogP contribution >= 0.6 is 7.60 Å². The fourth-order valence-electron chi connectivity index (χ4n) is 5.53. The lowest BCUT2D eigenvalue weighted by atomic mass is 10.0. The molecule has 0 saturated carbocycles. The second-order valence-electron chi connectivity index (χ2n) is 12.6. The SMILES string of the molecule is CCCCCCCCCCCCCCCCCCOCCOP(=O)(CO[C@H](C)Cn1cnc2c(N)ncnc21)OCc1ccccc1. The van der Waals surface area contributed by atoms with Crippen molar-refractivity contribution >= 4 is 24.6 Å². The summed E-state index contributed by atoms with van der Waals surface area (Å²) in [6.45, 7) is 5.98. The molecule has 264 valence electrons. The van der Waals surface area contributed by atoms with Crippen LogP contribution in [0.5, 0.6) is 0 Å². The number of rotatable bonds is 29. The molecule has 0 aliphatic rings. The van der Waals surface area contributed by atoms with E-state index in [4.69, 9.17) is 24.3 Å². The van der Waals surface area contributed by atoms with E-state index in [9.17, 15) is 4.57 Å². The Kier molecular flexibility index (Phi) is 19.9. The molecule has 2 N–H and O–H groups in total. The van der Waals surface area contributed by atoms with E-state index in [2.05, 4.69) is 21.9 Å². The minimum Gasteiger partial charge on any atom is -0.382 e. The molecule has 0 fully saturated rings. The molecule has 2 heterocycles. The van der Waals surface area contributed by atoms with Crippen LogP contribution in [0, 0.1) is 0 Å². The van der Waals surface area contributed by atoms with Crippen molar-refractivity contribution in [1.82, 2.24) is 19.5 Å². The van der Waals surface area contributed by atoms with E-state index in [0.29, 0.717) is 36.7 Å². The average molecular weight is 674 g/mol. The third-order valence-electron chi connectivity index (χ3n) is 8.33. The molecule has 1 unspecified atom stereocenters. The van der Waals surface area contributed by atoms with Gasteiger partial charge in [-0.1, -0.05) is 134 Å². The monoisotopic (exact) mass is 673 g/mol. The second kappa shape index (κ2) is 23.9.